The summed E-state index contributed by atoms with van der Waals surface area (Å²) >= 11 is 0. The second kappa shape index (κ2) is 6.56. The SMILES string of the molecule is CCC(C)CC(CC)(CNC1CC1)c1ccccc1. The van der Waals surface area contributed by atoms with Gasteiger partial charge >= 0.3 is 0 Å². The third-order valence-electron chi connectivity index (χ3n) is 4.81. The first-order chi connectivity index (χ1) is 9.20. The molecule has 1 aromatic carbocycles. The largest absolute Gasteiger partial charge is 0.313 e. The molecule has 0 bridgehead atoms. The molecule has 1 heteroatoms. The van der Waals surface area contributed by atoms with Crippen LogP contribution in [0, 0.1) is 5.92 Å². The standard InChI is InChI=1S/C18H29N/c1-4-15(3)13-18(5-2,14-19-17-11-12-17)16-9-7-6-8-10-16/h6-10,15,17,19H,4-5,11-14H2,1-3H3. The molecular weight excluding hydrogens is 230 g/mol. The van der Waals surface area contributed by atoms with E-state index in [1.165, 1.54) is 37.7 Å². The Morgan fingerprint density at radius 2 is 1.89 bits per heavy atom. The first-order valence-electron chi connectivity index (χ1n) is 7.99. The van der Waals surface area contributed by atoms with Crippen molar-refractivity contribution in [2.45, 2.75) is 64.3 Å². The maximum absolute atomic E-state index is 3.78. The van der Waals surface area contributed by atoms with Gasteiger partial charge in [0.15, 0.2) is 0 Å². The van der Waals surface area contributed by atoms with Crippen LogP contribution in [-0.2, 0) is 5.41 Å². The monoisotopic (exact) mass is 259 g/mol. The number of nitrogens with one attached hydrogen (secondary N) is 1. The molecule has 0 radical (unpaired) electrons. The van der Waals surface area contributed by atoms with E-state index in [9.17, 15) is 0 Å². The molecule has 19 heavy (non-hydrogen) atoms. The Morgan fingerprint density at radius 1 is 1.21 bits per heavy atom. The molecule has 2 rings (SSSR count). The van der Waals surface area contributed by atoms with Crippen LogP contribution in [0.5, 0.6) is 0 Å². The highest BCUT2D eigenvalue weighted by Crippen LogP contribution is 2.36. The van der Waals surface area contributed by atoms with Gasteiger partial charge in [-0.15, -0.1) is 0 Å². The molecule has 0 spiro atoms. The van der Waals surface area contributed by atoms with E-state index < -0.39 is 0 Å². The summed E-state index contributed by atoms with van der Waals surface area (Å²) in [5.41, 5.74) is 1.84. The van der Waals surface area contributed by atoms with Crippen LogP contribution < -0.4 is 5.32 Å². The third kappa shape index (κ3) is 3.82. The van der Waals surface area contributed by atoms with Crippen molar-refractivity contribution >= 4 is 0 Å². The molecule has 0 heterocycles. The van der Waals surface area contributed by atoms with Gasteiger partial charge in [0.1, 0.15) is 0 Å². The summed E-state index contributed by atoms with van der Waals surface area (Å²) in [6, 6.07) is 11.9. The van der Waals surface area contributed by atoms with Crippen molar-refractivity contribution in [3.05, 3.63) is 35.9 Å². The third-order valence-corrected chi connectivity index (χ3v) is 4.81. The first kappa shape index (κ1) is 14.6. The van der Waals surface area contributed by atoms with E-state index in [2.05, 4.69) is 56.4 Å². The average molecular weight is 259 g/mol. The predicted octanol–water partition coefficient (Wildman–Crippen LogP) is 4.52. The van der Waals surface area contributed by atoms with Crippen LogP contribution in [0.4, 0.5) is 0 Å². The molecule has 1 nitrogen and oxygen atoms in total. The molecular formula is C18H29N. The highest BCUT2D eigenvalue weighted by atomic mass is 15.0. The van der Waals surface area contributed by atoms with Crippen LogP contribution >= 0.6 is 0 Å². The lowest BCUT2D eigenvalue weighted by molar-refractivity contribution is 0.295. The Hall–Kier alpha value is -0.820. The van der Waals surface area contributed by atoms with Gasteiger partial charge in [0.25, 0.3) is 0 Å². The van der Waals surface area contributed by atoms with Crippen LogP contribution in [0.25, 0.3) is 0 Å². The van der Waals surface area contributed by atoms with Crippen molar-refractivity contribution < 1.29 is 0 Å². The Labute approximate surface area is 118 Å². The molecule has 1 aliphatic rings. The fourth-order valence-corrected chi connectivity index (χ4v) is 3.00. The summed E-state index contributed by atoms with van der Waals surface area (Å²) < 4.78 is 0. The summed E-state index contributed by atoms with van der Waals surface area (Å²) in [5, 5.41) is 3.78. The molecule has 1 aliphatic carbocycles. The second-order valence-electron chi connectivity index (χ2n) is 6.37. The Kier molecular flexibility index (Phi) is 5.04. The zero-order valence-corrected chi connectivity index (χ0v) is 12.8. The Balaban J connectivity index is 2.17. The van der Waals surface area contributed by atoms with Gasteiger partial charge < -0.3 is 5.32 Å². The lowest BCUT2D eigenvalue weighted by atomic mass is 9.71. The molecule has 106 valence electrons. The lowest BCUT2D eigenvalue weighted by Gasteiger charge is -2.36. The number of hydrogen-bond donors (Lipinski definition) is 1. The van der Waals surface area contributed by atoms with Crippen LogP contribution in [0.3, 0.4) is 0 Å². The van der Waals surface area contributed by atoms with Gasteiger partial charge in [0.05, 0.1) is 0 Å². The molecule has 0 saturated heterocycles. The highest BCUT2D eigenvalue weighted by Gasteiger charge is 2.33. The van der Waals surface area contributed by atoms with Gasteiger partial charge in [0, 0.05) is 18.0 Å². The maximum atomic E-state index is 3.78. The number of rotatable bonds is 8. The molecule has 0 aromatic heterocycles. The Morgan fingerprint density at radius 3 is 2.42 bits per heavy atom. The van der Waals surface area contributed by atoms with Crippen molar-refractivity contribution in [1.82, 2.24) is 5.32 Å². The minimum absolute atomic E-state index is 0.319. The van der Waals surface area contributed by atoms with Crippen molar-refractivity contribution in [3.63, 3.8) is 0 Å². The summed E-state index contributed by atoms with van der Waals surface area (Å²) in [5.74, 6) is 0.793. The summed E-state index contributed by atoms with van der Waals surface area (Å²) in [6.45, 7) is 8.20. The minimum Gasteiger partial charge on any atom is -0.313 e. The van der Waals surface area contributed by atoms with Crippen LogP contribution in [0.1, 0.15) is 58.4 Å². The second-order valence-corrected chi connectivity index (χ2v) is 6.37. The molecule has 1 N–H and O–H groups in total. The van der Waals surface area contributed by atoms with Gasteiger partial charge in [-0.25, -0.2) is 0 Å². The minimum atomic E-state index is 0.319. The Bertz CT molecular complexity index is 369. The average Bonchev–Trinajstić information content (AvgIpc) is 3.28. The van der Waals surface area contributed by atoms with E-state index in [4.69, 9.17) is 0 Å². The molecule has 2 atom stereocenters. The number of hydrogen-bond acceptors (Lipinski definition) is 1. The fourth-order valence-electron chi connectivity index (χ4n) is 3.00. The topological polar surface area (TPSA) is 12.0 Å². The van der Waals surface area contributed by atoms with Crippen molar-refractivity contribution in [3.8, 4) is 0 Å². The summed E-state index contributed by atoms with van der Waals surface area (Å²) in [4.78, 5) is 0. The summed E-state index contributed by atoms with van der Waals surface area (Å²) in [7, 11) is 0. The van der Waals surface area contributed by atoms with Crippen LogP contribution in [-0.4, -0.2) is 12.6 Å². The van der Waals surface area contributed by atoms with Crippen molar-refractivity contribution in [1.29, 1.82) is 0 Å². The number of benzene rings is 1. The smallest absolute Gasteiger partial charge is 0.00777 e. The van der Waals surface area contributed by atoms with Crippen LogP contribution in [0.2, 0.25) is 0 Å². The highest BCUT2D eigenvalue weighted by molar-refractivity contribution is 5.26. The fraction of sp³-hybridized carbons (Fsp3) is 0.667. The van der Waals surface area contributed by atoms with E-state index >= 15 is 0 Å². The van der Waals surface area contributed by atoms with Gasteiger partial charge in [-0.2, -0.15) is 0 Å². The van der Waals surface area contributed by atoms with Gasteiger partial charge in [-0.05, 0) is 37.2 Å². The zero-order chi connectivity index (χ0) is 13.7. The normalized spacial score (nSPS) is 19.9. The van der Waals surface area contributed by atoms with Crippen LogP contribution in [0.15, 0.2) is 30.3 Å². The van der Waals surface area contributed by atoms with Gasteiger partial charge in [-0.1, -0.05) is 57.5 Å². The lowest BCUT2D eigenvalue weighted by Crippen LogP contribution is -2.40. The molecule has 0 aliphatic heterocycles. The maximum Gasteiger partial charge on any atom is 0.00777 e. The molecule has 2 unspecified atom stereocenters. The van der Waals surface area contributed by atoms with Crippen molar-refractivity contribution in [2.24, 2.45) is 5.92 Å². The van der Waals surface area contributed by atoms with E-state index in [-0.39, 0.29) is 0 Å². The van der Waals surface area contributed by atoms with E-state index in [1.54, 1.807) is 0 Å². The summed E-state index contributed by atoms with van der Waals surface area (Å²) in [6.07, 6.45) is 6.54. The van der Waals surface area contributed by atoms with Crippen molar-refractivity contribution in [2.75, 3.05) is 6.54 Å². The van der Waals surface area contributed by atoms with E-state index in [0.29, 0.717) is 5.41 Å². The molecule has 1 saturated carbocycles. The molecule has 1 fully saturated rings. The zero-order valence-electron chi connectivity index (χ0n) is 12.8. The van der Waals surface area contributed by atoms with Gasteiger partial charge in [-0.3, -0.25) is 0 Å². The van der Waals surface area contributed by atoms with E-state index in [0.717, 1.165) is 18.5 Å². The van der Waals surface area contributed by atoms with Gasteiger partial charge in [0.2, 0.25) is 0 Å². The molecule has 1 aromatic rings. The van der Waals surface area contributed by atoms with E-state index in [1.807, 2.05) is 0 Å². The molecule has 0 amide bonds. The predicted molar refractivity (Wildman–Crippen MR) is 83.5 cm³/mol. The quantitative estimate of drug-likeness (QED) is 0.723. The first-order valence-corrected chi connectivity index (χ1v) is 7.99.